The smallest absolute Gasteiger partial charge is 0.146 e. The normalized spacial score (nSPS) is 11.0. The molecular formula is C52H56N2Si2. The fourth-order valence-corrected chi connectivity index (χ4v) is 18.7. The molecule has 0 atom stereocenters. The van der Waals surface area contributed by atoms with Gasteiger partial charge in [-0.1, -0.05) is 155 Å². The van der Waals surface area contributed by atoms with Gasteiger partial charge in [-0.3, -0.25) is 9.97 Å². The summed E-state index contributed by atoms with van der Waals surface area (Å²) in [7, 11) is -3.78. The van der Waals surface area contributed by atoms with E-state index in [2.05, 4.69) is 163 Å². The van der Waals surface area contributed by atoms with Crippen molar-refractivity contribution in [1.82, 2.24) is 9.97 Å². The van der Waals surface area contributed by atoms with Crippen molar-refractivity contribution in [2.75, 3.05) is 0 Å². The van der Waals surface area contributed by atoms with E-state index in [4.69, 9.17) is 0 Å². The van der Waals surface area contributed by atoms with E-state index in [9.17, 15) is 0 Å². The fourth-order valence-electron chi connectivity index (χ4n) is 8.29. The van der Waals surface area contributed by atoms with E-state index < -0.39 is 16.1 Å². The minimum atomic E-state index is -1.89. The number of nitrogens with zero attached hydrogens (tertiary/aromatic N) is 2. The van der Waals surface area contributed by atoms with Gasteiger partial charge in [0, 0.05) is 58.2 Å². The van der Waals surface area contributed by atoms with Crippen LogP contribution < -0.4 is 0 Å². The van der Waals surface area contributed by atoms with Gasteiger partial charge in [-0.2, -0.15) is 0 Å². The summed E-state index contributed by atoms with van der Waals surface area (Å²) in [4.78, 5) is 8.74. The van der Waals surface area contributed by atoms with Crippen molar-refractivity contribution >= 4 is 16.1 Å². The Morgan fingerprint density at radius 3 is 0.911 bits per heavy atom. The Morgan fingerprint density at radius 2 is 0.607 bits per heavy atom. The number of benzene rings is 2. The summed E-state index contributed by atoms with van der Waals surface area (Å²) in [5.74, 6) is 33.1. The van der Waals surface area contributed by atoms with E-state index in [0.717, 1.165) is 44.5 Å². The van der Waals surface area contributed by atoms with Crippen molar-refractivity contribution in [1.29, 1.82) is 0 Å². The monoisotopic (exact) mass is 764 g/mol. The number of hydrogen-bond acceptors (Lipinski definition) is 2. The maximum absolute atomic E-state index is 4.37. The van der Waals surface area contributed by atoms with Crippen molar-refractivity contribution < 1.29 is 0 Å². The van der Waals surface area contributed by atoms with Gasteiger partial charge in [0.1, 0.15) is 16.1 Å². The van der Waals surface area contributed by atoms with Crippen LogP contribution in [0.4, 0.5) is 0 Å². The molecule has 0 saturated heterocycles. The van der Waals surface area contributed by atoms with Crippen LogP contribution in [0.25, 0.3) is 0 Å². The zero-order valence-corrected chi connectivity index (χ0v) is 37.4. The topological polar surface area (TPSA) is 25.8 Å². The summed E-state index contributed by atoms with van der Waals surface area (Å²) >= 11 is 0. The van der Waals surface area contributed by atoms with Gasteiger partial charge >= 0.3 is 0 Å². The summed E-state index contributed by atoms with van der Waals surface area (Å²) in [5.41, 5.74) is 17.7. The summed E-state index contributed by atoms with van der Waals surface area (Å²) < 4.78 is 0. The highest BCUT2D eigenvalue weighted by Gasteiger charge is 2.42. The molecule has 2 nitrogen and oxygen atoms in total. The summed E-state index contributed by atoms with van der Waals surface area (Å²) in [6.45, 7) is 28.0. The lowest BCUT2D eigenvalue weighted by Crippen LogP contribution is -2.43. The lowest BCUT2D eigenvalue weighted by atomic mass is 10.1. The molecule has 0 bridgehead atoms. The van der Waals surface area contributed by atoms with E-state index in [1.165, 1.54) is 0 Å². The SMILES string of the molecule is CC(C)[Si](C#Cc1ccncc1C#Cc1ccccc1C#CC#Cc1ccccc1C#Cc1cnccc1C#C[Si](C(C)C)(C(C)C)C(C)C)(C(C)C)C(C)C. The van der Waals surface area contributed by atoms with Crippen LogP contribution in [-0.2, 0) is 0 Å². The molecule has 4 heteroatoms. The zero-order chi connectivity index (χ0) is 40.9. The van der Waals surface area contributed by atoms with E-state index in [-0.39, 0.29) is 0 Å². The van der Waals surface area contributed by atoms with Crippen LogP contribution in [0, 0.1) is 70.3 Å². The predicted octanol–water partition coefficient (Wildman–Crippen LogP) is 11.8. The van der Waals surface area contributed by atoms with Crippen molar-refractivity contribution in [3.8, 4) is 70.3 Å². The lowest BCUT2D eigenvalue weighted by molar-refractivity contribution is 0.838. The van der Waals surface area contributed by atoms with E-state index in [0.29, 0.717) is 33.2 Å². The van der Waals surface area contributed by atoms with Crippen molar-refractivity contribution in [2.24, 2.45) is 0 Å². The van der Waals surface area contributed by atoms with Gasteiger partial charge in [0.05, 0.1) is 11.1 Å². The molecule has 0 aliphatic carbocycles. The van der Waals surface area contributed by atoms with Crippen LogP contribution in [0.3, 0.4) is 0 Å². The molecule has 56 heavy (non-hydrogen) atoms. The molecule has 0 aliphatic heterocycles. The lowest BCUT2D eigenvalue weighted by Gasteiger charge is -2.38. The highest BCUT2D eigenvalue weighted by Crippen LogP contribution is 2.42. The van der Waals surface area contributed by atoms with E-state index in [1.807, 2.05) is 73.1 Å². The first-order chi connectivity index (χ1) is 26.7. The predicted molar refractivity (Wildman–Crippen MR) is 243 cm³/mol. The maximum atomic E-state index is 4.37. The van der Waals surface area contributed by atoms with Gasteiger partial charge in [-0.15, -0.1) is 11.1 Å². The first-order valence-electron chi connectivity index (χ1n) is 19.9. The Labute approximate surface area is 341 Å². The number of hydrogen-bond donors (Lipinski definition) is 0. The second-order valence-electron chi connectivity index (χ2n) is 16.2. The van der Waals surface area contributed by atoms with Crippen molar-refractivity contribution in [3.05, 3.63) is 130 Å². The highest BCUT2D eigenvalue weighted by molar-refractivity contribution is 6.91. The molecule has 4 rings (SSSR count). The second kappa shape index (κ2) is 19.9. The van der Waals surface area contributed by atoms with E-state index >= 15 is 0 Å². The third kappa shape index (κ3) is 10.2. The fraction of sp³-hybridized carbons (Fsp3) is 0.346. The van der Waals surface area contributed by atoms with Gasteiger partial charge in [0.25, 0.3) is 0 Å². The molecule has 0 N–H and O–H groups in total. The third-order valence-corrected chi connectivity index (χ3v) is 23.8. The molecule has 0 fully saturated rings. The average molecular weight is 765 g/mol. The molecule has 0 radical (unpaired) electrons. The first kappa shape index (κ1) is 43.3. The molecule has 2 heterocycles. The molecule has 0 unspecified atom stereocenters. The summed E-state index contributed by atoms with van der Waals surface area (Å²) in [6.07, 6.45) is 7.21. The number of rotatable bonds is 6. The van der Waals surface area contributed by atoms with Crippen LogP contribution in [0.2, 0.25) is 33.2 Å². The highest BCUT2D eigenvalue weighted by atomic mass is 28.3. The second-order valence-corrected chi connectivity index (χ2v) is 27.4. The summed E-state index contributed by atoms with van der Waals surface area (Å²) in [5, 5.41) is 0. The van der Waals surface area contributed by atoms with Gasteiger partial charge in [-0.25, -0.2) is 0 Å². The molecular weight excluding hydrogens is 709 g/mol. The minimum Gasteiger partial charge on any atom is -0.263 e. The van der Waals surface area contributed by atoms with Crippen LogP contribution >= 0.6 is 0 Å². The molecule has 4 aromatic rings. The molecule has 0 spiro atoms. The molecule has 2 aromatic heterocycles. The Bertz CT molecular complexity index is 2180. The molecule has 0 aliphatic rings. The maximum Gasteiger partial charge on any atom is 0.146 e. The molecule has 0 amide bonds. The molecule has 0 saturated carbocycles. The van der Waals surface area contributed by atoms with Crippen LogP contribution in [0.5, 0.6) is 0 Å². The minimum absolute atomic E-state index is 0.554. The van der Waals surface area contributed by atoms with Gasteiger partial charge in [0.2, 0.25) is 0 Å². The molecule has 282 valence electrons. The Balaban J connectivity index is 1.63. The Morgan fingerprint density at radius 1 is 0.339 bits per heavy atom. The number of pyridine rings is 2. The third-order valence-electron chi connectivity index (χ3n) is 11.2. The van der Waals surface area contributed by atoms with Crippen LogP contribution in [-0.4, -0.2) is 26.1 Å². The Hall–Kier alpha value is -5.47. The molecule has 2 aromatic carbocycles. The standard InChI is InChI=1S/C52H56N2Si2/c1-39(2)55(40(3)4,41(5)6)35-31-49-29-33-53-37-51(49)27-25-47-23-17-15-21-45(47)19-13-14-20-46-22-16-18-24-48(46)26-28-52-38-54-34-30-50(52)32-36-56(42(7)8,43(9)10)44(11)12/h15-18,21-24,29-30,33-34,37-44H,1-12H3. The average Bonchev–Trinajstić information content (AvgIpc) is 3.16. The van der Waals surface area contributed by atoms with E-state index in [1.54, 1.807) is 12.4 Å². The zero-order valence-electron chi connectivity index (χ0n) is 35.4. The van der Waals surface area contributed by atoms with Crippen LogP contribution in [0.1, 0.15) is 128 Å². The van der Waals surface area contributed by atoms with Gasteiger partial charge in [0.15, 0.2) is 0 Å². The quantitative estimate of drug-likeness (QED) is 0.144. The number of aromatic nitrogens is 2. The summed E-state index contributed by atoms with van der Waals surface area (Å²) in [6, 6.07) is 19.8. The van der Waals surface area contributed by atoms with Gasteiger partial charge in [-0.05, 0) is 81.5 Å². The largest absolute Gasteiger partial charge is 0.263 e. The van der Waals surface area contributed by atoms with Gasteiger partial charge < -0.3 is 0 Å². The Kier molecular flexibility index (Phi) is 15.4. The van der Waals surface area contributed by atoms with Crippen LogP contribution in [0.15, 0.2) is 85.5 Å². The van der Waals surface area contributed by atoms with Crippen molar-refractivity contribution in [3.63, 3.8) is 0 Å². The first-order valence-corrected chi connectivity index (χ1v) is 24.4. The van der Waals surface area contributed by atoms with Crippen molar-refractivity contribution in [2.45, 2.75) is 116 Å².